The molecule has 1 aromatic carbocycles. The van der Waals surface area contributed by atoms with Crippen LogP contribution in [0.3, 0.4) is 0 Å². The summed E-state index contributed by atoms with van der Waals surface area (Å²) in [5.74, 6) is 0.787. The highest BCUT2D eigenvalue weighted by Crippen LogP contribution is 2.27. The lowest BCUT2D eigenvalue weighted by atomic mass is 10.1. The number of hydrogen-bond donors (Lipinski definition) is 2. The molecule has 1 aliphatic rings. The van der Waals surface area contributed by atoms with Crippen LogP contribution >= 0.6 is 15.9 Å². The van der Waals surface area contributed by atoms with Gasteiger partial charge in [-0.1, -0.05) is 36.4 Å². The summed E-state index contributed by atoms with van der Waals surface area (Å²) in [5.41, 5.74) is 3.52. The second-order valence-corrected chi connectivity index (χ2v) is 7.83. The highest BCUT2D eigenvalue weighted by Gasteiger charge is 2.12. The van der Waals surface area contributed by atoms with Crippen molar-refractivity contribution in [2.45, 2.75) is 6.42 Å². The predicted molar refractivity (Wildman–Crippen MR) is 112 cm³/mol. The average Bonchev–Trinajstić information content (AvgIpc) is 2.90. The predicted octanol–water partition coefficient (Wildman–Crippen LogP) is 3.92. The number of rotatable bonds is 4. The van der Waals surface area contributed by atoms with E-state index in [1.807, 2.05) is 48.6 Å². The van der Waals surface area contributed by atoms with Gasteiger partial charge in [0.25, 0.3) is 0 Å². The molecule has 136 valence electrons. The Balaban J connectivity index is 1.77. The number of nitrogens with zero attached hydrogens (tertiary/aromatic N) is 3. The summed E-state index contributed by atoms with van der Waals surface area (Å²) in [6.45, 7) is 0. The second kappa shape index (κ2) is 7.59. The molecule has 0 spiro atoms. The Kier molecular flexibility index (Phi) is 5.02. The molecule has 0 radical (unpaired) electrons. The van der Waals surface area contributed by atoms with Crippen LogP contribution in [0.4, 0.5) is 5.82 Å². The van der Waals surface area contributed by atoms with Gasteiger partial charge in [-0.2, -0.15) is 9.61 Å². The van der Waals surface area contributed by atoms with Crippen LogP contribution in [0.25, 0.3) is 16.9 Å². The normalized spacial score (nSPS) is 15.2. The molecule has 0 saturated heterocycles. The maximum absolute atomic E-state index is 11.5. The lowest BCUT2D eigenvalue weighted by molar-refractivity contribution is 0.688. The molecule has 0 saturated carbocycles. The van der Waals surface area contributed by atoms with Crippen LogP contribution in [-0.2, 0) is 11.0 Å². The van der Waals surface area contributed by atoms with Crippen LogP contribution in [0.15, 0.2) is 82.0 Å². The summed E-state index contributed by atoms with van der Waals surface area (Å²) in [6, 6.07) is 11.9. The molecule has 2 heterocycles. The van der Waals surface area contributed by atoms with E-state index in [1.54, 1.807) is 22.9 Å². The van der Waals surface area contributed by atoms with E-state index < -0.39 is 11.0 Å². The Hall–Kier alpha value is -2.55. The van der Waals surface area contributed by atoms with Crippen molar-refractivity contribution in [2.24, 2.45) is 5.14 Å². The maximum atomic E-state index is 11.5. The monoisotopic (exact) mass is 441 g/mol. The molecule has 6 nitrogen and oxygen atoms in total. The third-order valence-electron chi connectivity index (χ3n) is 4.09. The highest BCUT2D eigenvalue weighted by molar-refractivity contribution is 9.10. The molecule has 1 aliphatic carbocycles. The molecule has 0 aliphatic heterocycles. The number of halogens is 1. The van der Waals surface area contributed by atoms with E-state index in [1.165, 1.54) is 0 Å². The van der Waals surface area contributed by atoms with Crippen molar-refractivity contribution >= 4 is 38.4 Å². The molecule has 2 aromatic heterocycles. The number of allylic oxidation sites excluding steroid dienone is 4. The van der Waals surface area contributed by atoms with E-state index in [2.05, 4.69) is 26.3 Å². The van der Waals surface area contributed by atoms with Gasteiger partial charge in [-0.05, 0) is 34.2 Å². The molecule has 4 rings (SSSR count). The van der Waals surface area contributed by atoms with Gasteiger partial charge in [-0.25, -0.2) is 14.3 Å². The van der Waals surface area contributed by atoms with Gasteiger partial charge in [0.15, 0.2) is 5.65 Å². The molecule has 0 bridgehead atoms. The zero-order valence-electron chi connectivity index (χ0n) is 14.2. The summed E-state index contributed by atoms with van der Waals surface area (Å²) in [4.78, 5) is 5.31. The zero-order valence-corrected chi connectivity index (χ0v) is 16.6. The SMILES string of the molecule is NS(=O)C1=CC=C(Nc2cc(-c3ccccc3)nc3c(Br)cnn23)CC=C1. The molecule has 8 heteroatoms. The lowest BCUT2D eigenvalue weighted by Crippen LogP contribution is -2.06. The third kappa shape index (κ3) is 3.78. The first kappa shape index (κ1) is 17.8. The van der Waals surface area contributed by atoms with Crippen molar-refractivity contribution in [1.29, 1.82) is 0 Å². The minimum atomic E-state index is -1.50. The first-order valence-electron chi connectivity index (χ1n) is 8.22. The largest absolute Gasteiger partial charge is 0.343 e. The maximum Gasteiger partial charge on any atom is 0.172 e. The summed E-state index contributed by atoms with van der Waals surface area (Å²) in [5, 5.41) is 13.3. The van der Waals surface area contributed by atoms with Crippen molar-refractivity contribution in [2.75, 3.05) is 5.32 Å². The van der Waals surface area contributed by atoms with Crippen LogP contribution in [0.2, 0.25) is 0 Å². The smallest absolute Gasteiger partial charge is 0.172 e. The number of hydrogen-bond acceptors (Lipinski definition) is 4. The molecule has 1 unspecified atom stereocenters. The van der Waals surface area contributed by atoms with Gasteiger partial charge in [0, 0.05) is 23.7 Å². The first-order chi connectivity index (χ1) is 13.1. The molecule has 0 amide bonds. The topological polar surface area (TPSA) is 85.3 Å². The minimum absolute atomic E-state index is 0.582. The summed E-state index contributed by atoms with van der Waals surface area (Å²) < 4.78 is 14.1. The standard InChI is InChI=1S/C19H16BrN5OS/c20-16-12-22-25-18(23-14-7-4-8-15(10-9-14)27(21)26)11-17(24-19(16)25)13-5-2-1-3-6-13/h1-6,8-12,23H,7,21H2. The van der Waals surface area contributed by atoms with E-state index in [4.69, 9.17) is 10.1 Å². The molecule has 1 atom stereocenters. The van der Waals surface area contributed by atoms with Crippen LogP contribution in [-0.4, -0.2) is 18.8 Å². The lowest BCUT2D eigenvalue weighted by Gasteiger charge is -2.12. The van der Waals surface area contributed by atoms with Crippen molar-refractivity contribution < 1.29 is 4.21 Å². The van der Waals surface area contributed by atoms with E-state index in [0.29, 0.717) is 11.3 Å². The number of aromatic nitrogens is 3. The van der Waals surface area contributed by atoms with E-state index in [9.17, 15) is 4.21 Å². The highest BCUT2D eigenvalue weighted by atomic mass is 79.9. The van der Waals surface area contributed by atoms with Crippen LogP contribution in [0.1, 0.15) is 6.42 Å². The molecular formula is C19H16BrN5OS. The van der Waals surface area contributed by atoms with E-state index in [-0.39, 0.29) is 0 Å². The quantitative estimate of drug-likeness (QED) is 0.642. The number of benzene rings is 1. The van der Waals surface area contributed by atoms with Gasteiger partial charge in [0.2, 0.25) is 0 Å². The Morgan fingerprint density at radius 2 is 2.04 bits per heavy atom. The molecule has 3 N–H and O–H groups in total. The van der Waals surface area contributed by atoms with Crippen LogP contribution in [0, 0.1) is 0 Å². The van der Waals surface area contributed by atoms with Gasteiger partial charge in [0.1, 0.15) is 16.8 Å². The summed E-state index contributed by atoms with van der Waals surface area (Å²) >= 11 is 3.51. The van der Waals surface area contributed by atoms with Crippen LogP contribution < -0.4 is 10.5 Å². The van der Waals surface area contributed by atoms with Crippen molar-refractivity contribution in [1.82, 2.24) is 14.6 Å². The van der Waals surface area contributed by atoms with Gasteiger partial charge < -0.3 is 5.32 Å². The van der Waals surface area contributed by atoms with E-state index >= 15 is 0 Å². The number of nitrogens with one attached hydrogen (secondary N) is 1. The fourth-order valence-electron chi connectivity index (χ4n) is 2.78. The first-order valence-corrected chi connectivity index (χ1v) is 10.2. The summed E-state index contributed by atoms with van der Waals surface area (Å²) in [7, 11) is -1.50. The fourth-order valence-corrected chi connectivity index (χ4v) is 3.56. The minimum Gasteiger partial charge on any atom is -0.343 e. The van der Waals surface area contributed by atoms with Gasteiger partial charge >= 0.3 is 0 Å². The third-order valence-corrected chi connectivity index (χ3v) is 5.38. The average molecular weight is 442 g/mol. The van der Waals surface area contributed by atoms with Gasteiger partial charge in [-0.15, -0.1) is 0 Å². The second-order valence-electron chi connectivity index (χ2n) is 5.91. The van der Waals surface area contributed by atoms with Gasteiger partial charge in [-0.3, -0.25) is 0 Å². The van der Waals surface area contributed by atoms with Gasteiger partial charge in [0.05, 0.1) is 21.3 Å². The van der Waals surface area contributed by atoms with Crippen molar-refractivity contribution in [3.05, 3.63) is 82.0 Å². The fraction of sp³-hybridized carbons (Fsp3) is 0.0526. The Morgan fingerprint density at radius 1 is 1.22 bits per heavy atom. The summed E-state index contributed by atoms with van der Waals surface area (Å²) in [6.07, 6.45) is 9.73. The number of nitrogens with two attached hydrogens (primary N) is 1. The van der Waals surface area contributed by atoms with Crippen molar-refractivity contribution in [3.63, 3.8) is 0 Å². The molecule has 27 heavy (non-hydrogen) atoms. The van der Waals surface area contributed by atoms with Crippen LogP contribution in [0.5, 0.6) is 0 Å². The Labute approximate surface area is 167 Å². The van der Waals surface area contributed by atoms with E-state index in [0.717, 1.165) is 32.9 Å². The Morgan fingerprint density at radius 3 is 2.81 bits per heavy atom. The zero-order chi connectivity index (χ0) is 18.8. The number of fused-ring (bicyclic) bond motifs is 1. The molecular weight excluding hydrogens is 426 g/mol. The molecule has 0 fully saturated rings. The Bertz CT molecular complexity index is 1120. The molecule has 3 aromatic rings. The van der Waals surface area contributed by atoms with Crippen molar-refractivity contribution in [3.8, 4) is 11.3 Å². The number of anilines is 1.